The molecule has 0 aliphatic heterocycles. The molecule has 0 saturated carbocycles. The average Bonchev–Trinajstić information content (AvgIpc) is 2.86. The molecule has 0 fully saturated rings. The van der Waals surface area contributed by atoms with Gasteiger partial charge in [0.2, 0.25) is 0 Å². The summed E-state index contributed by atoms with van der Waals surface area (Å²) >= 11 is 6.00. The van der Waals surface area contributed by atoms with E-state index in [1.54, 1.807) is 38.2 Å². The van der Waals surface area contributed by atoms with E-state index < -0.39 is 12.0 Å². The molecule has 0 saturated heterocycles. The first-order valence-corrected chi connectivity index (χ1v) is 11.7. The van der Waals surface area contributed by atoms with E-state index in [9.17, 15) is 14.7 Å². The monoisotopic (exact) mass is 503 g/mol. The molecular weight excluding hydrogens is 478 g/mol. The first-order chi connectivity index (χ1) is 17.1. The lowest BCUT2D eigenvalue weighted by Crippen LogP contribution is -2.14. The molecule has 3 aromatic carbocycles. The number of aryl methyl sites for hydroxylation is 1. The van der Waals surface area contributed by atoms with Crippen LogP contribution >= 0.6 is 11.6 Å². The van der Waals surface area contributed by atoms with E-state index in [2.05, 4.69) is 10.6 Å². The van der Waals surface area contributed by atoms with Crippen molar-refractivity contribution in [1.29, 1.82) is 5.41 Å². The highest BCUT2D eigenvalue weighted by atomic mass is 35.5. The summed E-state index contributed by atoms with van der Waals surface area (Å²) in [6.07, 6.45) is 1.25. The van der Waals surface area contributed by atoms with E-state index in [0.717, 1.165) is 11.3 Å². The third-order valence-electron chi connectivity index (χ3n) is 6.18. The quantitative estimate of drug-likeness (QED) is 0.210. The first-order valence-electron chi connectivity index (χ1n) is 11.3. The maximum absolute atomic E-state index is 13.4. The first kappa shape index (κ1) is 25.0. The highest BCUT2D eigenvalue weighted by Crippen LogP contribution is 2.34. The Balaban J connectivity index is 1.90. The summed E-state index contributed by atoms with van der Waals surface area (Å²) in [7, 11) is 1.78. The highest BCUT2D eigenvalue weighted by molar-refractivity contribution is 6.31. The zero-order chi connectivity index (χ0) is 26.1. The van der Waals surface area contributed by atoms with E-state index in [-0.39, 0.29) is 11.0 Å². The molecule has 7 nitrogen and oxygen atoms in total. The van der Waals surface area contributed by atoms with Crippen molar-refractivity contribution in [3.8, 4) is 11.3 Å². The van der Waals surface area contributed by atoms with Gasteiger partial charge in [-0.3, -0.25) is 4.79 Å². The lowest BCUT2D eigenvalue weighted by atomic mass is 9.98. The van der Waals surface area contributed by atoms with Crippen molar-refractivity contribution in [2.75, 3.05) is 17.7 Å². The van der Waals surface area contributed by atoms with Gasteiger partial charge in [0, 0.05) is 51.9 Å². The lowest BCUT2D eigenvalue weighted by molar-refractivity contribution is 0.0698. The van der Waals surface area contributed by atoms with E-state index in [1.807, 2.05) is 32.0 Å². The van der Waals surface area contributed by atoms with E-state index in [4.69, 9.17) is 21.4 Å². The van der Waals surface area contributed by atoms with Gasteiger partial charge >= 0.3 is 5.97 Å². The fourth-order valence-corrected chi connectivity index (χ4v) is 4.52. The molecule has 4 N–H and O–H groups in total. The number of benzene rings is 3. The van der Waals surface area contributed by atoms with Gasteiger partial charge in [-0.05, 0) is 68.8 Å². The molecule has 0 bridgehead atoms. The number of halogens is 1. The second-order valence-electron chi connectivity index (χ2n) is 8.67. The summed E-state index contributed by atoms with van der Waals surface area (Å²) in [5.74, 6) is -0.675. The molecule has 1 aromatic heterocycles. The van der Waals surface area contributed by atoms with E-state index in [1.165, 1.54) is 12.3 Å². The molecular formula is C28H26ClN3O4. The maximum atomic E-state index is 13.4. The van der Waals surface area contributed by atoms with Crippen molar-refractivity contribution >= 4 is 46.1 Å². The number of hydrogen-bond acceptors (Lipinski definition) is 6. The third-order valence-corrected chi connectivity index (χ3v) is 6.42. The second kappa shape index (κ2) is 9.87. The van der Waals surface area contributed by atoms with Crippen LogP contribution in [0, 0.1) is 19.3 Å². The number of carboxylic acids is 1. The minimum atomic E-state index is -1.10. The molecule has 4 rings (SSSR count). The Morgan fingerprint density at radius 1 is 1.11 bits per heavy atom. The van der Waals surface area contributed by atoms with Crippen molar-refractivity contribution in [2.45, 2.75) is 26.8 Å². The number of aromatic carboxylic acids is 1. The van der Waals surface area contributed by atoms with Crippen molar-refractivity contribution < 1.29 is 14.3 Å². The summed E-state index contributed by atoms with van der Waals surface area (Å²) < 4.78 is 6.40. The predicted molar refractivity (Wildman–Crippen MR) is 145 cm³/mol. The lowest BCUT2D eigenvalue weighted by Gasteiger charge is -2.20. The van der Waals surface area contributed by atoms with Crippen molar-refractivity contribution in [2.24, 2.45) is 0 Å². The highest BCUT2D eigenvalue weighted by Gasteiger charge is 2.21. The van der Waals surface area contributed by atoms with Gasteiger partial charge in [0.15, 0.2) is 5.43 Å². The molecule has 36 heavy (non-hydrogen) atoms. The van der Waals surface area contributed by atoms with Crippen LogP contribution in [0.5, 0.6) is 0 Å². The van der Waals surface area contributed by atoms with Gasteiger partial charge in [0.1, 0.15) is 11.3 Å². The molecule has 0 aliphatic carbocycles. The molecule has 0 amide bonds. The molecule has 0 spiro atoms. The topological polar surface area (TPSA) is 115 Å². The Morgan fingerprint density at radius 3 is 2.50 bits per heavy atom. The fraction of sp³-hybridized carbons (Fsp3) is 0.179. The summed E-state index contributed by atoms with van der Waals surface area (Å²) in [4.78, 5) is 25.2. The van der Waals surface area contributed by atoms with Crippen LogP contribution in [-0.4, -0.2) is 24.3 Å². The third kappa shape index (κ3) is 4.57. The van der Waals surface area contributed by atoms with Gasteiger partial charge in [-0.1, -0.05) is 17.7 Å². The van der Waals surface area contributed by atoms with Crippen LogP contribution in [0.4, 0.5) is 11.4 Å². The molecule has 4 aromatic rings. The van der Waals surface area contributed by atoms with Gasteiger partial charge in [0.25, 0.3) is 0 Å². The van der Waals surface area contributed by atoms with Crippen molar-refractivity contribution in [1.82, 2.24) is 0 Å². The van der Waals surface area contributed by atoms with Crippen LogP contribution in [0.15, 0.2) is 57.7 Å². The summed E-state index contributed by atoms with van der Waals surface area (Å²) in [5, 5.41) is 24.4. The number of carbonyl (C=O) groups is 1. The minimum Gasteiger partial charge on any atom is -0.478 e. The molecule has 8 heteroatoms. The van der Waals surface area contributed by atoms with Crippen molar-refractivity contribution in [3.05, 3.63) is 91.6 Å². The van der Waals surface area contributed by atoms with Crippen LogP contribution in [0.25, 0.3) is 22.3 Å². The van der Waals surface area contributed by atoms with E-state index >= 15 is 0 Å². The van der Waals surface area contributed by atoms with Crippen LogP contribution < -0.4 is 16.1 Å². The average molecular weight is 504 g/mol. The van der Waals surface area contributed by atoms with Crippen molar-refractivity contribution in [3.63, 3.8) is 0 Å². The van der Waals surface area contributed by atoms with Crippen LogP contribution in [0.2, 0.25) is 5.02 Å². The smallest absolute Gasteiger partial charge is 0.337 e. The van der Waals surface area contributed by atoms with Gasteiger partial charge in [0.05, 0.1) is 17.0 Å². The molecule has 0 radical (unpaired) electrons. The SMILES string of the molecule is CNc1ccc(-c2oc3c([C@@H](C)Nc4ccc(Cl)cc4C(=O)O)cc(C)cc3c(=O)c2C)cc1C=N. The molecule has 184 valence electrons. The summed E-state index contributed by atoms with van der Waals surface area (Å²) in [6, 6.07) is 13.4. The minimum absolute atomic E-state index is 0.0492. The Labute approximate surface area is 213 Å². The van der Waals surface area contributed by atoms with Crippen LogP contribution in [0.3, 0.4) is 0 Å². The molecule has 0 unspecified atom stereocenters. The van der Waals surface area contributed by atoms with E-state index in [0.29, 0.717) is 49.7 Å². The summed E-state index contributed by atoms with van der Waals surface area (Å²) in [5.41, 5.74) is 4.94. The molecule has 0 aliphatic rings. The van der Waals surface area contributed by atoms with Gasteiger partial charge < -0.3 is 25.6 Å². The Hall–Kier alpha value is -4.10. The number of rotatable bonds is 7. The Kier molecular flexibility index (Phi) is 6.86. The van der Waals surface area contributed by atoms with Crippen LogP contribution in [-0.2, 0) is 0 Å². The standard InChI is InChI=1S/C28H26ClN3O4/c1-14-9-20(16(3)32-24-8-6-19(29)12-21(24)28(34)35)27-22(10-14)25(33)15(2)26(36-27)17-5-7-23(31-4)18(11-17)13-30/h5-13,16,30-32H,1-4H3,(H,34,35)/t16-/m1/s1. The van der Waals surface area contributed by atoms with Gasteiger partial charge in [-0.15, -0.1) is 0 Å². The largest absolute Gasteiger partial charge is 0.478 e. The summed E-state index contributed by atoms with van der Waals surface area (Å²) in [6.45, 7) is 5.51. The number of nitrogens with one attached hydrogen (secondary N) is 3. The van der Waals surface area contributed by atoms with Crippen LogP contribution in [0.1, 0.15) is 45.6 Å². The van der Waals surface area contributed by atoms with Gasteiger partial charge in [-0.2, -0.15) is 0 Å². The second-order valence-corrected chi connectivity index (χ2v) is 9.11. The zero-order valence-electron chi connectivity index (χ0n) is 20.3. The zero-order valence-corrected chi connectivity index (χ0v) is 21.1. The molecule has 1 atom stereocenters. The fourth-order valence-electron chi connectivity index (χ4n) is 4.35. The number of carboxylic acid groups (broad SMARTS) is 1. The maximum Gasteiger partial charge on any atom is 0.337 e. The molecule has 1 heterocycles. The number of fused-ring (bicyclic) bond motifs is 1. The Morgan fingerprint density at radius 2 is 1.83 bits per heavy atom. The number of hydrogen-bond donors (Lipinski definition) is 4. The van der Waals surface area contributed by atoms with Gasteiger partial charge in [-0.25, -0.2) is 4.79 Å². The predicted octanol–water partition coefficient (Wildman–Crippen LogP) is 6.64. The normalized spacial score (nSPS) is 11.8. The Bertz CT molecular complexity index is 1580. The number of anilines is 2.